The highest BCUT2D eigenvalue weighted by atomic mass is 16.6. The fourth-order valence-corrected chi connectivity index (χ4v) is 8.67. The third-order valence-electron chi connectivity index (χ3n) is 13.5. The molecule has 0 fully saturated rings. The topological polar surface area (TPSA) is 78.9 Å². The molecule has 0 saturated carbocycles. The van der Waals surface area contributed by atoms with Gasteiger partial charge in [-0.15, -0.1) is 0 Å². The Morgan fingerprint density at radius 1 is 0.273 bits per heavy atom. The molecule has 438 valence electrons. The van der Waals surface area contributed by atoms with Crippen molar-refractivity contribution in [1.29, 1.82) is 0 Å². The summed E-state index contributed by atoms with van der Waals surface area (Å²) in [4.78, 5) is 38.2. The molecule has 0 aromatic carbocycles. The molecule has 0 aliphatic heterocycles. The second kappa shape index (κ2) is 64.3. The van der Waals surface area contributed by atoms with E-state index < -0.39 is 6.10 Å². The Morgan fingerprint density at radius 2 is 0.506 bits per heavy atom. The number of allylic oxidation sites excluding steroid dienone is 20. The third kappa shape index (κ3) is 62.5. The van der Waals surface area contributed by atoms with Gasteiger partial charge in [-0.25, -0.2) is 0 Å². The molecular weight excluding hydrogens is 949 g/mol. The second-order valence-electron chi connectivity index (χ2n) is 20.9. The van der Waals surface area contributed by atoms with Gasteiger partial charge in [0.1, 0.15) is 13.2 Å². The number of hydrogen-bond acceptors (Lipinski definition) is 6. The predicted octanol–water partition coefficient (Wildman–Crippen LogP) is 22.0. The van der Waals surface area contributed by atoms with Gasteiger partial charge in [0.05, 0.1) is 0 Å². The molecule has 0 aromatic heterocycles. The highest BCUT2D eigenvalue weighted by molar-refractivity contribution is 5.71. The highest BCUT2D eigenvalue weighted by Gasteiger charge is 2.19. The smallest absolute Gasteiger partial charge is 0.306 e. The van der Waals surface area contributed by atoms with Crippen LogP contribution in [0.5, 0.6) is 0 Å². The summed E-state index contributed by atoms with van der Waals surface area (Å²) >= 11 is 0. The van der Waals surface area contributed by atoms with E-state index in [4.69, 9.17) is 14.2 Å². The van der Waals surface area contributed by atoms with Gasteiger partial charge in [0, 0.05) is 19.3 Å². The Bertz CT molecular complexity index is 1600. The summed E-state index contributed by atoms with van der Waals surface area (Å²) in [6.07, 6.45) is 89.2. The van der Waals surface area contributed by atoms with Gasteiger partial charge in [-0.2, -0.15) is 0 Å². The molecule has 0 amide bonds. The van der Waals surface area contributed by atoms with Crippen LogP contribution in [0.3, 0.4) is 0 Å². The Morgan fingerprint density at radius 3 is 0.844 bits per heavy atom. The molecule has 0 bridgehead atoms. The molecule has 0 spiro atoms. The number of unbranched alkanes of at least 4 members (excludes halogenated alkanes) is 26. The lowest BCUT2D eigenvalue weighted by Crippen LogP contribution is -2.30. The minimum absolute atomic E-state index is 0.0926. The fraction of sp³-hybridized carbons (Fsp3) is 0.676. The van der Waals surface area contributed by atoms with E-state index in [0.29, 0.717) is 19.3 Å². The molecule has 1 atom stereocenters. The number of hydrogen-bond donors (Lipinski definition) is 0. The lowest BCUT2D eigenvalue weighted by Gasteiger charge is -2.18. The van der Waals surface area contributed by atoms with E-state index in [0.717, 1.165) is 128 Å². The Labute approximate surface area is 475 Å². The van der Waals surface area contributed by atoms with Crippen molar-refractivity contribution < 1.29 is 28.6 Å². The molecule has 0 heterocycles. The van der Waals surface area contributed by atoms with Gasteiger partial charge in [-0.05, 0) is 116 Å². The van der Waals surface area contributed by atoms with E-state index in [9.17, 15) is 14.4 Å². The normalized spacial score (nSPS) is 12.9. The van der Waals surface area contributed by atoms with Crippen LogP contribution >= 0.6 is 0 Å². The van der Waals surface area contributed by atoms with Crippen molar-refractivity contribution in [3.63, 3.8) is 0 Å². The zero-order valence-electron chi connectivity index (χ0n) is 50.2. The van der Waals surface area contributed by atoms with Crippen LogP contribution in [0.1, 0.15) is 290 Å². The maximum absolute atomic E-state index is 12.9. The predicted molar refractivity (Wildman–Crippen MR) is 334 cm³/mol. The van der Waals surface area contributed by atoms with E-state index >= 15 is 0 Å². The maximum Gasteiger partial charge on any atom is 0.306 e. The molecule has 0 aliphatic rings. The number of esters is 3. The average molecular weight is 1070 g/mol. The summed E-state index contributed by atoms with van der Waals surface area (Å²) in [6.45, 7) is 6.48. The first-order chi connectivity index (χ1) is 38.0. The highest BCUT2D eigenvalue weighted by Crippen LogP contribution is 2.16. The number of carbonyl (C=O) groups excluding carboxylic acids is 3. The molecular formula is C71H118O6. The van der Waals surface area contributed by atoms with Crippen molar-refractivity contribution >= 4 is 17.9 Å². The molecule has 0 N–H and O–H groups in total. The van der Waals surface area contributed by atoms with Crippen molar-refractivity contribution in [2.24, 2.45) is 0 Å². The first-order valence-corrected chi connectivity index (χ1v) is 32.0. The van der Waals surface area contributed by atoms with Crippen molar-refractivity contribution in [2.45, 2.75) is 297 Å². The lowest BCUT2D eigenvalue weighted by atomic mass is 10.0. The molecule has 0 aliphatic carbocycles. The molecule has 6 nitrogen and oxygen atoms in total. The van der Waals surface area contributed by atoms with Crippen molar-refractivity contribution in [3.8, 4) is 0 Å². The largest absolute Gasteiger partial charge is 0.462 e. The van der Waals surface area contributed by atoms with Gasteiger partial charge in [-0.3, -0.25) is 14.4 Å². The van der Waals surface area contributed by atoms with E-state index in [2.05, 4.69) is 142 Å². The van der Waals surface area contributed by atoms with Crippen LogP contribution in [0.15, 0.2) is 122 Å². The van der Waals surface area contributed by atoms with Crippen molar-refractivity contribution in [1.82, 2.24) is 0 Å². The van der Waals surface area contributed by atoms with Crippen LogP contribution < -0.4 is 0 Å². The van der Waals surface area contributed by atoms with E-state index in [1.807, 2.05) is 0 Å². The van der Waals surface area contributed by atoms with Gasteiger partial charge in [0.2, 0.25) is 0 Å². The Balaban J connectivity index is 4.35. The molecule has 0 saturated heterocycles. The second-order valence-corrected chi connectivity index (χ2v) is 20.9. The molecule has 0 radical (unpaired) electrons. The van der Waals surface area contributed by atoms with Gasteiger partial charge >= 0.3 is 17.9 Å². The average Bonchev–Trinajstić information content (AvgIpc) is 3.43. The van der Waals surface area contributed by atoms with E-state index in [-0.39, 0.29) is 31.1 Å². The lowest BCUT2D eigenvalue weighted by molar-refractivity contribution is -0.167. The van der Waals surface area contributed by atoms with E-state index in [1.165, 1.54) is 122 Å². The summed E-state index contributed by atoms with van der Waals surface area (Å²) in [6, 6.07) is 0. The monoisotopic (exact) mass is 1070 g/mol. The van der Waals surface area contributed by atoms with Gasteiger partial charge in [-0.1, -0.05) is 277 Å². The fourth-order valence-electron chi connectivity index (χ4n) is 8.67. The van der Waals surface area contributed by atoms with Crippen LogP contribution in [0, 0.1) is 0 Å². The minimum Gasteiger partial charge on any atom is -0.462 e. The summed E-state index contributed by atoms with van der Waals surface area (Å²) in [5.41, 5.74) is 0. The Kier molecular flexibility index (Phi) is 60.8. The first-order valence-electron chi connectivity index (χ1n) is 32.0. The molecule has 1 unspecified atom stereocenters. The molecule has 0 aromatic rings. The van der Waals surface area contributed by atoms with E-state index in [1.54, 1.807) is 0 Å². The maximum atomic E-state index is 12.9. The first kappa shape index (κ1) is 72.8. The van der Waals surface area contributed by atoms with Crippen LogP contribution in [-0.4, -0.2) is 37.2 Å². The van der Waals surface area contributed by atoms with Gasteiger partial charge in [0.15, 0.2) is 6.10 Å². The molecule has 0 rings (SSSR count). The summed E-state index contributed by atoms with van der Waals surface area (Å²) < 4.78 is 16.9. The number of ether oxygens (including phenoxy) is 3. The zero-order valence-corrected chi connectivity index (χ0v) is 50.2. The summed E-state index contributed by atoms with van der Waals surface area (Å²) in [7, 11) is 0. The van der Waals surface area contributed by atoms with Crippen LogP contribution in [0.4, 0.5) is 0 Å². The quantitative estimate of drug-likeness (QED) is 0.0261. The molecule has 77 heavy (non-hydrogen) atoms. The van der Waals surface area contributed by atoms with Gasteiger partial charge < -0.3 is 14.2 Å². The standard InChI is InChI=1S/C71H118O6/c1-4-7-10-13-16-19-22-25-27-29-30-31-32-33-34-35-36-37-38-39-40-41-42-43-45-46-49-52-55-58-61-64-70(73)76-67-68(66-75-69(72)63-60-57-54-51-48-24-21-18-15-12-9-6-3)77-71(74)65-62-59-56-53-50-47-44-28-26-23-20-17-14-11-8-5-2/h7,10,16,18-19,21,25,27,30-31,33-34,36-37,39-40,42-43,46,49,68H,4-6,8-9,11-15,17,20,22-24,26,28-29,32,35,38,41,44-45,47-48,50-67H2,1-3H3/b10-7-,19-16-,21-18-,27-25-,31-30-,34-33-,37-36-,40-39-,43-42-,49-46-. The summed E-state index contributed by atoms with van der Waals surface area (Å²) in [5.74, 6) is -0.929. The number of carbonyl (C=O) groups is 3. The van der Waals surface area contributed by atoms with Crippen LogP contribution in [0.25, 0.3) is 0 Å². The van der Waals surface area contributed by atoms with Crippen molar-refractivity contribution in [2.75, 3.05) is 13.2 Å². The van der Waals surface area contributed by atoms with Crippen molar-refractivity contribution in [3.05, 3.63) is 122 Å². The Hall–Kier alpha value is -4.19. The van der Waals surface area contributed by atoms with Crippen LogP contribution in [-0.2, 0) is 28.6 Å². The van der Waals surface area contributed by atoms with Gasteiger partial charge in [0.25, 0.3) is 0 Å². The third-order valence-corrected chi connectivity index (χ3v) is 13.5. The SMILES string of the molecule is CC/C=C\C/C=C\C/C=C\C/C=C\C/C=C\C/C=C\C/C=C\C/C=C\C/C=C\CCCCCC(=O)OCC(COC(=O)CCCCCCC/C=C\CCCCC)OC(=O)CCCCCCCCCCCCCCCCCC. The number of rotatable bonds is 57. The molecule has 6 heteroatoms. The minimum atomic E-state index is -0.796. The summed E-state index contributed by atoms with van der Waals surface area (Å²) in [5, 5.41) is 0. The van der Waals surface area contributed by atoms with Crippen LogP contribution in [0.2, 0.25) is 0 Å². The zero-order chi connectivity index (χ0) is 55.7.